The molecule has 15 nitrogen and oxygen atoms in total. The van der Waals surface area contributed by atoms with E-state index in [-0.39, 0.29) is 42.9 Å². The van der Waals surface area contributed by atoms with Crippen LogP contribution >= 0.6 is 0 Å². The number of hydrogen-bond acceptors (Lipinski definition) is 10. The van der Waals surface area contributed by atoms with Crippen LogP contribution in [0.2, 0.25) is 0 Å². The van der Waals surface area contributed by atoms with Gasteiger partial charge in [0.25, 0.3) is 11.8 Å². The lowest BCUT2D eigenvalue weighted by Crippen LogP contribution is -2.54. The van der Waals surface area contributed by atoms with Gasteiger partial charge < -0.3 is 24.8 Å². The van der Waals surface area contributed by atoms with Gasteiger partial charge in [0.15, 0.2) is 5.82 Å². The van der Waals surface area contributed by atoms with Crippen LogP contribution in [-0.2, 0) is 19.1 Å². The Kier molecular flexibility index (Phi) is 10.2. The molecule has 5 fully saturated rings. The molecule has 1 unspecified atom stereocenters. The Morgan fingerprint density at radius 1 is 0.870 bits per heavy atom. The van der Waals surface area contributed by atoms with Crippen molar-refractivity contribution in [3.63, 3.8) is 0 Å². The summed E-state index contributed by atoms with van der Waals surface area (Å²) in [4.78, 5) is 83.3. The summed E-state index contributed by atoms with van der Waals surface area (Å²) in [7, 11) is 0. The van der Waals surface area contributed by atoms with Crippen LogP contribution in [0.5, 0.6) is 0 Å². The highest BCUT2D eigenvalue weighted by atomic mass is 16.6. The fourth-order valence-corrected chi connectivity index (χ4v) is 9.16. The molecule has 3 N–H and O–H groups in total. The standard InChI is InChI=1S/C39H50N8O7/c1-23-8-17-46(23)39(53)54-28-4-2-26(19-28)31-21-33(43-42-31)40-35(49)18-24-9-13-44(14-10-24)22-25-11-15-45(16-12-25)27-3-5-29-30(20-27)38(52)47(37(29)51)32-6-7-34(48)41-36(32)50/h3,5,20-21,23-26,28,32H,2,4,6-19,22H2,1H3,(H,41,48,50)(H2,40,42,43,49)/t23-,26-,28+,32?/m0/s1. The van der Waals surface area contributed by atoms with Gasteiger partial charge in [0, 0.05) is 68.4 Å². The molecule has 1 aromatic heterocycles. The molecule has 15 heteroatoms. The number of H-pyrrole nitrogens is 1. The second kappa shape index (κ2) is 15.2. The molecular weight excluding hydrogens is 692 g/mol. The highest BCUT2D eigenvalue weighted by Gasteiger charge is 2.45. The predicted molar refractivity (Wildman–Crippen MR) is 197 cm³/mol. The first-order valence-electron chi connectivity index (χ1n) is 19.7. The third-order valence-electron chi connectivity index (χ3n) is 12.6. The molecule has 54 heavy (non-hydrogen) atoms. The summed E-state index contributed by atoms with van der Waals surface area (Å²) < 4.78 is 5.75. The summed E-state index contributed by atoms with van der Waals surface area (Å²) in [6.07, 6.45) is 7.94. The average Bonchev–Trinajstić information content (AvgIpc) is 3.87. The predicted octanol–water partition coefficient (Wildman–Crippen LogP) is 3.64. The van der Waals surface area contributed by atoms with Gasteiger partial charge in [-0.15, -0.1) is 0 Å². The van der Waals surface area contributed by atoms with Crippen LogP contribution in [0.25, 0.3) is 0 Å². The zero-order valence-electron chi connectivity index (χ0n) is 30.9. The number of anilines is 2. The summed E-state index contributed by atoms with van der Waals surface area (Å²) >= 11 is 0. The van der Waals surface area contributed by atoms with Crippen molar-refractivity contribution in [1.82, 2.24) is 30.2 Å². The van der Waals surface area contributed by atoms with Gasteiger partial charge in [0.1, 0.15) is 12.1 Å². The smallest absolute Gasteiger partial charge is 0.410 e. The van der Waals surface area contributed by atoms with Crippen molar-refractivity contribution in [1.29, 1.82) is 0 Å². The van der Waals surface area contributed by atoms with Gasteiger partial charge in [-0.25, -0.2) is 4.79 Å². The molecule has 0 bridgehead atoms. The van der Waals surface area contributed by atoms with Crippen molar-refractivity contribution in [2.45, 2.75) is 102 Å². The number of imide groups is 2. The second-order valence-corrected chi connectivity index (χ2v) is 16.2. The van der Waals surface area contributed by atoms with Crippen LogP contribution in [0.4, 0.5) is 16.3 Å². The molecule has 0 radical (unpaired) electrons. The highest BCUT2D eigenvalue weighted by Crippen LogP contribution is 2.37. The number of nitrogens with zero attached hydrogens (tertiary/aromatic N) is 5. The van der Waals surface area contributed by atoms with Crippen molar-refractivity contribution in [2.75, 3.05) is 49.5 Å². The Labute approximate surface area is 314 Å². The molecule has 6 aliphatic rings. The van der Waals surface area contributed by atoms with Crippen molar-refractivity contribution < 1.29 is 33.5 Å². The first-order chi connectivity index (χ1) is 26.1. The summed E-state index contributed by atoms with van der Waals surface area (Å²) in [6.45, 7) is 7.48. The molecule has 2 aromatic rings. The largest absolute Gasteiger partial charge is 0.446 e. The number of aromatic nitrogens is 2. The number of benzene rings is 1. The summed E-state index contributed by atoms with van der Waals surface area (Å²) in [5.41, 5.74) is 2.47. The second-order valence-electron chi connectivity index (χ2n) is 16.2. The SMILES string of the molecule is C[C@H]1CCN1C(=O)O[C@@H]1CC[C@H](c2cc(NC(=O)CC3CCN(CC4CCN(c5ccc6c(c5)C(=O)N(C5CCC(=O)NC5=O)C6=O)CC4)CC3)n[nH]2)C1. The number of aromatic amines is 1. The van der Waals surface area contributed by atoms with Crippen LogP contribution in [-0.4, -0.2) is 118 Å². The average molecular weight is 743 g/mol. The number of hydrogen-bond donors (Lipinski definition) is 3. The Balaban J connectivity index is 0.742. The summed E-state index contributed by atoms with van der Waals surface area (Å²) in [6, 6.07) is 6.54. The topological polar surface area (TPSA) is 177 Å². The van der Waals surface area contributed by atoms with E-state index in [2.05, 4.69) is 30.6 Å². The third kappa shape index (κ3) is 7.46. The van der Waals surface area contributed by atoms with Crippen LogP contribution in [0, 0.1) is 11.8 Å². The number of amides is 6. The molecule has 8 rings (SSSR count). The maximum atomic E-state index is 13.3. The van der Waals surface area contributed by atoms with Crippen LogP contribution in [0.3, 0.4) is 0 Å². The number of carbonyl (C=O) groups is 6. The van der Waals surface area contributed by atoms with E-state index >= 15 is 0 Å². The Morgan fingerprint density at radius 2 is 1.63 bits per heavy atom. The van der Waals surface area contributed by atoms with Gasteiger partial charge in [0.05, 0.1) is 11.1 Å². The number of piperidine rings is 3. The molecule has 6 heterocycles. The van der Waals surface area contributed by atoms with Gasteiger partial charge >= 0.3 is 6.09 Å². The van der Waals surface area contributed by atoms with Crippen molar-refractivity contribution in [2.24, 2.45) is 11.8 Å². The van der Waals surface area contributed by atoms with E-state index in [0.717, 1.165) is 107 Å². The number of nitrogens with one attached hydrogen (secondary N) is 3. The van der Waals surface area contributed by atoms with Gasteiger partial charge in [-0.05, 0) is 108 Å². The molecule has 4 atom stereocenters. The molecular formula is C39H50N8O7. The Morgan fingerprint density at radius 3 is 2.35 bits per heavy atom. The number of ether oxygens (including phenoxy) is 1. The normalized spacial score (nSPS) is 26.9. The number of carbonyl (C=O) groups excluding carboxylic acids is 6. The molecule has 288 valence electrons. The minimum Gasteiger partial charge on any atom is -0.446 e. The van der Waals surface area contributed by atoms with Crippen molar-refractivity contribution in [3.8, 4) is 0 Å². The quantitative estimate of drug-likeness (QED) is 0.322. The fraction of sp³-hybridized carbons (Fsp3) is 0.615. The van der Waals surface area contributed by atoms with E-state index < -0.39 is 29.7 Å². The van der Waals surface area contributed by atoms with E-state index in [4.69, 9.17) is 4.74 Å². The monoisotopic (exact) mass is 742 g/mol. The van der Waals surface area contributed by atoms with Crippen LogP contribution < -0.4 is 15.5 Å². The first kappa shape index (κ1) is 36.2. The van der Waals surface area contributed by atoms with Gasteiger partial charge in [0.2, 0.25) is 17.7 Å². The molecule has 1 aliphatic carbocycles. The van der Waals surface area contributed by atoms with Gasteiger partial charge in [-0.3, -0.25) is 39.3 Å². The van der Waals surface area contributed by atoms with E-state index in [1.165, 1.54) is 0 Å². The van der Waals surface area contributed by atoms with E-state index in [9.17, 15) is 28.8 Å². The van der Waals surface area contributed by atoms with E-state index in [1.807, 2.05) is 19.1 Å². The number of fused-ring (bicyclic) bond motifs is 1. The molecule has 6 amide bonds. The molecule has 1 saturated carbocycles. The molecule has 1 aromatic carbocycles. The van der Waals surface area contributed by atoms with Gasteiger partial charge in [-0.1, -0.05) is 0 Å². The Hall–Kier alpha value is -4.79. The number of likely N-dealkylation sites (tertiary alicyclic amines) is 2. The Bertz CT molecular complexity index is 1810. The lowest BCUT2D eigenvalue weighted by atomic mass is 9.90. The third-order valence-corrected chi connectivity index (χ3v) is 12.6. The first-order valence-corrected chi connectivity index (χ1v) is 19.7. The molecule has 5 aliphatic heterocycles. The van der Waals surface area contributed by atoms with Crippen molar-refractivity contribution >= 4 is 47.1 Å². The molecule has 0 spiro atoms. The van der Waals surface area contributed by atoms with Crippen LogP contribution in [0.1, 0.15) is 110 Å². The lowest BCUT2D eigenvalue weighted by molar-refractivity contribution is -0.136. The maximum absolute atomic E-state index is 13.3. The summed E-state index contributed by atoms with van der Waals surface area (Å²) in [5, 5.41) is 12.7. The zero-order chi connectivity index (χ0) is 37.5. The zero-order valence-corrected chi connectivity index (χ0v) is 30.9. The minimum atomic E-state index is -0.969. The molecule has 4 saturated heterocycles. The minimum absolute atomic E-state index is 0.0120. The maximum Gasteiger partial charge on any atom is 0.410 e. The summed E-state index contributed by atoms with van der Waals surface area (Å²) in [5.74, 6) is -0.318. The highest BCUT2D eigenvalue weighted by molar-refractivity contribution is 6.23. The van der Waals surface area contributed by atoms with Crippen LogP contribution in [0.15, 0.2) is 24.3 Å². The fourth-order valence-electron chi connectivity index (χ4n) is 9.16. The van der Waals surface area contributed by atoms with Gasteiger partial charge in [-0.2, -0.15) is 5.10 Å². The number of rotatable bonds is 9. The van der Waals surface area contributed by atoms with E-state index in [0.29, 0.717) is 35.2 Å². The van der Waals surface area contributed by atoms with E-state index in [1.54, 1.807) is 17.0 Å². The lowest BCUT2D eigenvalue weighted by Gasteiger charge is -2.38. The van der Waals surface area contributed by atoms with Crippen molar-refractivity contribution in [3.05, 3.63) is 41.1 Å².